The van der Waals surface area contributed by atoms with E-state index in [1.807, 2.05) is 61.7 Å². The lowest BCUT2D eigenvalue weighted by molar-refractivity contribution is 0.0566. The second-order valence-electron chi connectivity index (χ2n) is 5.73. The van der Waals surface area contributed by atoms with Gasteiger partial charge in [-0.15, -0.1) is 11.3 Å². The first-order chi connectivity index (χ1) is 11.1. The summed E-state index contributed by atoms with van der Waals surface area (Å²) in [6, 6.07) is 20.0. The fraction of sp³-hybridized carbons (Fsp3) is 0.211. The van der Waals surface area contributed by atoms with Crippen LogP contribution >= 0.6 is 11.3 Å². The van der Waals surface area contributed by atoms with E-state index < -0.39 is 5.60 Å². The Labute approximate surface area is 140 Å². The third-order valence-corrected chi connectivity index (χ3v) is 4.80. The molecule has 3 nitrogen and oxygen atoms in total. The van der Waals surface area contributed by atoms with Crippen molar-refractivity contribution in [3.8, 4) is 10.4 Å². The van der Waals surface area contributed by atoms with Crippen LogP contribution in [0.4, 0.5) is 0 Å². The van der Waals surface area contributed by atoms with Gasteiger partial charge in [0.05, 0.1) is 10.5 Å². The normalized spacial score (nSPS) is 13.7. The van der Waals surface area contributed by atoms with Crippen molar-refractivity contribution >= 4 is 11.3 Å². The van der Waals surface area contributed by atoms with Crippen molar-refractivity contribution in [3.05, 3.63) is 77.4 Å². The maximum absolute atomic E-state index is 10.6. The molecule has 0 bridgehead atoms. The Kier molecular flexibility index (Phi) is 4.86. The van der Waals surface area contributed by atoms with Crippen molar-refractivity contribution < 1.29 is 5.11 Å². The molecule has 0 spiro atoms. The zero-order chi connectivity index (χ0) is 16.1. The van der Waals surface area contributed by atoms with E-state index in [0.29, 0.717) is 13.1 Å². The lowest BCUT2D eigenvalue weighted by atomic mass is 9.96. The second-order valence-corrected chi connectivity index (χ2v) is 6.84. The summed E-state index contributed by atoms with van der Waals surface area (Å²) in [7, 11) is 0. The van der Waals surface area contributed by atoms with Crippen LogP contribution in [-0.2, 0) is 12.1 Å². The molecule has 0 fully saturated rings. The SMILES string of the molecule is CC(O)(CNCc1ncc(-c2ccccc2)s1)c1ccccc1. The quantitative estimate of drug-likeness (QED) is 0.725. The van der Waals surface area contributed by atoms with E-state index in [-0.39, 0.29) is 0 Å². The fourth-order valence-electron chi connectivity index (χ4n) is 2.44. The van der Waals surface area contributed by atoms with Crippen LogP contribution in [0.15, 0.2) is 66.9 Å². The molecule has 0 saturated heterocycles. The Morgan fingerprint density at radius 1 is 1.04 bits per heavy atom. The summed E-state index contributed by atoms with van der Waals surface area (Å²) in [5, 5.41) is 14.9. The largest absolute Gasteiger partial charge is 0.384 e. The highest BCUT2D eigenvalue weighted by atomic mass is 32.1. The van der Waals surface area contributed by atoms with Gasteiger partial charge < -0.3 is 10.4 Å². The number of hydrogen-bond acceptors (Lipinski definition) is 4. The van der Waals surface area contributed by atoms with Gasteiger partial charge >= 0.3 is 0 Å². The Bertz CT molecular complexity index is 738. The van der Waals surface area contributed by atoms with Crippen molar-refractivity contribution in [2.75, 3.05) is 6.54 Å². The van der Waals surface area contributed by atoms with E-state index in [1.54, 1.807) is 11.3 Å². The van der Waals surface area contributed by atoms with Crippen LogP contribution in [0.2, 0.25) is 0 Å². The third kappa shape index (κ3) is 4.05. The molecular weight excluding hydrogens is 304 g/mol. The Balaban J connectivity index is 1.58. The summed E-state index contributed by atoms with van der Waals surface area (Å²) in [5.41, 5.74) is 1.21. The first-order valence-corrected chi connectivity index (χ1v) is 8.45. The number of nitrogens with one attached hydrogen (secondary N) is 1. The van der Waals surface area contributed by atoms with Gasteiger partial charge in [-0.05, 0) is 18.1 Å². The Morgan fingerprint density at radius 2 is 1.70 bits per heavy atom. The van der Waals surface area contributed by atoms with Crippen molar-refractivity contribution in [1.82, 2.24) is 10.3 Å². The monoisotopic (exact) mass is 324 g/mol. The number of benzene rings is 2. The molecule has 2 aromatic carbocycles. The maximum atomic E-state index is 10.6. The highest BCUT2D eigenvalue weighted by molar-refractivity contribution is 7.15. The molecule has 4 heteroatoms. The molecule has 23 heavy (non-hydrogen) atoms. The molecule has 3 rings (SSSR count). The molecule has 0 aliphatic carbocycles. The summed E-state index contributed by atoms with van der Waals surface area (Å²) < 4.78 is 0. The first kappa shape index (κ1) is 15.9. The lowest BCUT2D eigenvalue weighted by Crippen LogP contribution is -2.35. The number of hydrogen-bond donors (Lipinski definition) is 2. The van der Waals surface area contributed by atoms with Gasteiger partial charge in [0, 0.05) is 19.3 Å². The van der Waals surface area contributed by atoms with Crippen LogP contribution in [0.5, 0.6) is 0 Å². The van der Waals surface area contributed by atoms with Gasteiger partial charge in [0.25, 0.3) is 0 Å². The molecule has 0 amide bonds. The van der Waals surface area contributed by atoms with Crippen LogP contribution in [0.1, 0.15) is 17.5 Å². The van der Waals surface area contributed by atoms with Crippen LogP contribution < -0.4 is 5.32 Å². The summed E-state index contributed by atoms with van der Waals surface area (Å²) in [4.78, 5) is 5.62. The van der Waals surface area contributed by atoms with Crippen LogP contribution in [0.3, 0.4) is 0 Å². The van der Waals surface area contributed by atoms with Crippen molar-refractivity contribution in [3.63, 3.8) is 0 Å². The molecule has 1 aromatic heterocycles. The average Bonchev–Trinajstić information content (AvgIpc) is 3.05. The van der Waals surface area contributed by atoms with Gasteiger partial charge in [0.2, 0.25) is 0 Å². The molecule has 1 unspecified atom stereocenters. The molecule has 118 valence electrons. The number of nitrogens with zero attached hydrogens (tertiary/aromatic N) is 1. The van der Waals surface area contributed by atoms with Gasteiger partial charge in [-0.1, -0.05) is 60.7 Å². The minimum Gasteiger partial charge on any atom is -0.384 e. The van der Waals surface area contributed by atoms with Crippen molar-refractivity contribution in [2.45, 2.75) is 19.1 Å². The molecule has 0 aliphatic heterocycles. The predicted octanol–water partition coefficient (Wildman–Crippen LogP) is 3.81. The molecule has 0 aliphatic rings. The van der Waals surface area contributed by atoms with E-state index in [2.05, 4.69) is 22.4 Å². The minimum absolute atomic E-state index is 0.483. The van der Waals surface area contributed by atoms with Crippen molar-refractivity contribution in [2.24, 2.45) is 0 Å². The molecule has 1 heterocycles. The van der Waals surface area contributed by atoms with E-state index in [1.165, 1.54) is 5.56 Å². The summed E-state index contributed by atoms with van der Waals surface area (Å²) in [6.07, 6.45) is 1.91. The molecular formula is C19H20N2OS. The zero-order valence-electron chi connectivity index (χ0n) is 13.1. The minimum atomic E-state index is -0.888. The van der Waals surface area contributed by atoms with Gasteiger partial charge in [-0.3, -0.25) is 0 Å². The lowest BCUT2D eigenvalue weighted by Gasteiger charge is -2.24. The standard InChI is InChI=1S/C19H20N2OS/c1-19(22,16-10-6-3-7-11-16)14-20-13-18-21-12-17(23-18)15-8-4-2-5-9-15/h2-12,20,22H,13-14H2,1H3. The van der Waals surface area contributed by atoms with E-state index >= 15 is 0 Å². The van der Waals surface area contributed by atoms with Gasteiger partial charge in [0.1, 0.15) is 5.01 Å². The molecule has 2 N–H and O–H groups in total. The first-order valence-electron chi connectivity index (χ1n) is 7.64. The Hall–Kier alpha value is -2.01. The zero-order valence-corrected chi connectivity index (χ0v) is 13.9. The fourth-order valence-corrected chi connectivity index (χ4v) is 3.33. The van der Waals surface area contributed by atoms with Gasteiger partial charge in [0.15, 0.2) is 0 Å². The number of aromatic nitrogens is 1. The summed E-state index contributed by atoms with van der Waals surface area (Å²) >= 11 is 1.68. The third-order valence-electron chi connectivity index (χ3n) is 3.75. The molecule has 0 radical (unpaired) electrons. The van der Waals surface area contributed by atoms with Gasteiger partial charge in [-0.2, -0.15) is 0 Å². The predicted molar refractivity (Wildman–Crippen MR) is 95.3 cm³/mol. The average molecular weight is 324 g/mol. The van der Waals surface area contributed by atoms with Crippen LogP contribution in [-0.4, -0.2) is 16.6 Å². The highest BCUT2D eigenvalue weighted by Crippen LogP contribution is 2.26. The van der Waals surface area contributed by atoms with Crippen LogP contribution in [0, 0.1) is 0 Å². The van der Waals surface area contributed by atoms with E-state index in [4.69, 9.17) is 0 Å². The Morgan fingerprint density at radius 3 is 2.39 bits per heavy atom. The number of thiazole rings is 1. The van der Waals surface area contributed by atoms with E-state index in [9.17, 15) is 5.11 Å². The van der Waals surface area contributed by atoms with E-state index in [0.717, 1.165) is 15.4 Å². The van der Waals surface area contributed by atoms with Gasteiger partial charge in [-0.25, -0.2) is 4.98 Å². The number of aliphatic hydroxyl groups is 1. The number of rotatable bonds is 6. The summed E-state index contributed by atoms with van der Waals surface area (Å²) in [6.45, 7) is 2.96. The molecule has 0 saturated carbocycles. The molecule has 1 atom stereocenters. The van der Waals surface area contributed by atoms with Crippen LogP contribution in [0.25, 0.3) is 10.4 Å². The molecule has 3 aromatic rings. The maximum Gasteiger partial charge on any atom is 0.107 e. The summed E-state index contributed by atoms with van der Waals surface area (Å²) in [5.74, 6) is 0. The smallest absolute Gasteiger partial charge is 0.107 e. The highest BCUT2D eigenvalue weighted by Gasteiger charge is 2.22. The second kappa shape index (κ2) is 7.04. The topological polar surface area (TPSA) is 45.1 Å². The van der Waals surface area contributed by atoms with Crippen molar-refractivity contribution in [1.29, 1.82) is 0 Å².